The van der Waals surface area contributed by atoms with Gasteiger partial charge in [0.1, 0.15) is 0 Å². The molecule has 0 radical (unpaired) electrons. The number of fused-ring (bicyclic) bond motifs is 2. The number of aryl methyl sites for hydroxylation is 2. The molecule has 3 aromatic carbocycles. The van der Waals surface area contributed by atoms with Crippen molar-refractivity contribution in [3.63, 3.8) is 0 Å². The van der Waals surface area contributed by atoms with E-state index in [1.807, 2.05) is 55.5 Å². The van der Waals surface area contributed by atoms with Gasteiger partial charge in [-0.25, -0.2) is 4.79 Å². The molecule has 0 saturated carbocycles. The first-order valence-corrected chi connectivity index (χ1v) is 12.5. The maximum absolute atomic E-state index is 13.8. The molecule has 0 spiro atoms. The van der Waals surface area contributed by atoms with E-state index in [4.69, 9.17) is 21.3 Å². The van der Waals surface area contributed by atoms with Gasteiger partial charge in [0.15, 0.2) is 0 Å². The van der Waals surface area contributed by atoms with E-state index in [9.17, 15) is 9.59 Å². The van der Waals surface area contributed by atoms with Crippen molar-refractivity contribution in [3.8, 4) is 0 Å². The van der Waals surface area contributed by atoms with Gasteiger partial charge in [0.2, 0.25) is 6.10 Å². The lowest BCUT2D eigenvalue weighted by molar-refractivity contribution is -0.125. The Morgan fingerprint density at radius 3 is 2.58 bits per heavy atom. The average molecular weight is 499 g/mol. The monoisotopic (exact) mass is 498 g/mol. The number of amides is 1. The molecule has 0 fully saturated rings. The number of halogens is 1. The molecule has 1 heterocycles. The molecule has 6 heteroatoms. The minimum Gasteiger partial charge on any atom is -0.444 e. The van der Waals surface area contributed by atoms with Crippen LogP contribution >= 0.6 is 11.6 Å². The molecule has 2 unspecified atom stereocenters. The summed E-state index contributed by atoms with van der Waals surface area (Å²) >= 11 is 6.25. The fraction of sp³-hybridized carbons (Fsp3) is 0.233. The second-order valence-electron chi connectivity index (χ2n) is 9.43. The second kappa shape index (κ2) is 10.1. The first-order valence-electron chi connectivity index (χ1n) is 12.1. The molecule has 36 heavy (non-hydrogen) atoms. The molecular weight excluding hydrogens is 472 g/mol. The van der Waals surface area contributed by atoms with E-state index >= 15 is 0 Å². The van der Waals surface area contributed by atoms with Crippen LogP contribution in [0.1, 0.15) is 52.2 Å². The van der Waals surface area contributed by atoms with Crippen LogP contribution in [0, 0.1) is 12.8 Å². The number of carbonyl (C=O) groups is 2. The molecule has 0 saturated heterocycles. The van der Waals surface area contributed by atoms with E-state index in [1.54, 1.807) is 24.3 Å². The molecule has 1 amide bonds. The van der Waals surface area contributed by atoms with Gasteiger partial charge < -0.3 is 10.1 Å². The Morgan fingerprint density at radius 1 is 1.06 bits per heavy atom. The number of benzene rings is 3. The average Bonchev–Trinajstić information content (AvgIpc) is 2.88. The molecule has 182 valence electrons. The van der Waals surface area contributed by atoms with E-state index in [1.165, 1.54) is 0 Å². The quantitative estimate of drug-likeness (QED) is 0.305. The summed E-state index contributed by atoms with van der Waals surface area (Å²) in [5.74, 6) is -0.536. The van der Waals surface area contributed by atoms with E-state index in [2.05, 4.69) is 12.2 Å². The van der Waals surface area contributed by atoms with Gasteiger partial charge >= 0.3 is 5.97 Å². The number of para-hydroxylation sites is 1. The van der Waals surface area contributed by atoms with Crippen LogP contribution in [-0.2, 0) is 22.4 Å². The topological polar surface area (TPSA) is 68.3 Å². The summed E-state index contributed by atoms with van der Waals surface area (Å²) in [6.45, 7) is 4.07. The van der Waals surface area contributed by atoms with Gasteiger partial charge in [-0.05, 0) is 61.4 Å². The van der Waals surface area contributed by atoms with Gasteiger partial charge in [-0.15, -0.1) is 0 Å². The van der Waals surface area contributed by atoms with Crippen LogP contribution in [0.2, 0.25) is 5.02 Å². The summed E-state index contributed by atoms with van der Waals surface area (Å²) in [7, 11) is 0. The molecule has 1 aromatic heterocycles. The summed E-state index contributed by atoms with van der Waals surface area (Å²) in [4.78, 5) is 32.1. The van der Waals surface area contributed by atoms with Crippen molar-refractivity contribution in [2.24, 2.45) is 5.92 Å². The predicted octanol–water partition coefficient (Wildman–Crippen LogP) is 6.86. The highest BCUT2D eigenvalue weighted by atomic mass is 35.5. The number of nitrogens with one attached hydrogen (secondary N) is 1. The molecule has 4 aromatic rings. The normalized spacial score (nSPS) is 15.7. The molecule has 0 bridgehead atoms. The molecule has 1 aliphatic rings. The lowest BCUT2D eigenvalue weighted by Crippen LogP contribution is -2.27. The van der Waals surface area contributed by atoms with Gasteiger partial charge in [-0.2, -0.15) is 0 Å². The Hall–Kier alpha value is -3.70. The lowest BCUT2D eigenvalue weighted by Gasteiger charge is -2.25. The number of esters is 1. The predicted molar refractivity (Wildman–Crippen MR) is 142 cm³/mol. The molecule has 2 atom stereocenters. The third-order valence-electron chi connectivity index (χ3n) is 6.71. The second-order valence-corrected chi connectivity index (χ2v) is 9.83. The van der Waals surface area contributed by atoms with Gasteiger partial charge in [0.05, 0.1) is 11.1 Å². The largest absolute Gasteiger partial charge is 0.444 e. The Bertz CT molecular complexity index is 1450. The lowest BCUT2D eigenvalue weighted by atomic mass is 9.84. The molecule has 5 nitrogen and oxygen atoms in total. The Labute approximate surface area is 215 Å². The number of rotatable bonds is 5. The SMILES string of the molecule is Cc1ccc(NC(=O)C(OC(=O)c2c3c(nc4ccccc24)CCC(C)C3)c2ccccc2)cc1Cl. The summed E-state index contributed by atoms with van der Waals surface area (Å²) in [5.41, 5.74) is 5.16. The van der Waals surface area contributed by atoms with Crippen LogP contribution < -0.4 is 5.32 Å². The number of anilines is 1. The van der Waals surface area contributed by atoms with Crippen LogP contribution in [0.15, 0.2) is 72.8 Å². The zero-order chi connectivity index (χ0) is 25.2. The molecule has 5 rings (SSSR count). The van der Waals surface area contributed by atoms with E-state index < -0.39 is 18.0 Å². The van der Waals surface area contributed by atoms with Gasteiger partial charge in [0.25, 0.3) is 5.91 Å². The van der Waals surface area contributed by atoms with E-state index in [-0.39, 0.29) is 0 Å². The summed E-state index contributed by atoms with van der Waals surface area (Å²) in [6, 6.07) is 21.9. The molecule has 1 aliphatic carbocycles. The standard InChI is InChI=1S/C30H27ClN2O3/c1-18-12-15-26-23(16-18)27(22-10-6-7-11-25(22)33-26)30(35)36-28(20-8-4-3-5-9-20)29(34)32-21-14-13-19(2)24(31)17-21/h3-11,13-14,17-18,28H,12,15-16H2,1-2H3,(H,32,34). The van der Waals surface area contributed by atoms with Crippen LogP contribution in [0.25, 0.3) is 10.9 Å². The van der Waals surface area contributed by atoms with Crippen LogP contribution in [0.4, 0.5) is 5.69 Å². The summed E-state index contributed by atoms with van der Waals surface area (Å²) < 4.78 is 6.01. The van der Waals surface area contributed by atoms with Crippen molar-refractivity contribution in [1.82, 2.24) is 4.98 Å². The number of ether oxygens (including phenoxy) is 1. The maximum Gasteiger partial charge on any atom is 0.340 e. The highest BCUT2D eigenvalue weighted by Gasteiger charge is 2.31. The van der Waals surface area contributed by atoms with E-state index in [0.717, 1.165) is 47.0 Å². The minimum atomic E-state index is -1.14. The maximum atomic E-state index is 13.8. The number of hydrogen-bond donors (Lipinski definition) is 1. The van der Waals surface area contributed by atoms with Gasteiger partial charge in [-0.3, -0.25) is 9.78 Å². The van der Waals surface area contributed by atoms with Crippen LogP contribution in [0.3, 0.4) is 0 Å². The van der Waals surface area contributed by atoms with Crippen molar-refractivity contribution in [1.29, 1.82) is 0 Å². The Balaban J connectivity index is 1.53. The van der Waals surface area contributed by atoms with E-state index in [0.29, 0.717) is 27.8 Å². The highest BCUT2D eigenvalue weighted by molar-refractivity contribution is 6.31. The molecule has 0 aliphatic heterocycles. The number of aromatic nitrogens is 1. The summed E-state index contributed by atoms with van der Waals surface area (Å²) in [6.07, 6.45) is 1.46. The van der Waals surface area contributed by atoms with Gasteiger partial charge in [-0.1, -0.05) is 73.1 Å². The minimum absolute atomic E-state index is 0.437. The van der Waals surface area contributed by atoms with Crippen molar-refractivity contribution < 1.29 is 14.3 Å². The van der Waals surface area contributed by atoms with Crippen molar-refractivity contribution in [2.75, 3.05) is 5.32 Å². The Kier molecular flexibility index (Phi) is 6.75. The third kappa shape index (κ3) is 4.84. The molecule has 1 N–H and O–H groups in total. The molecular formula is C30H27ClN2O3. The fourth-order valence-electron chi connectivity index (χ4n) is 4.74. The first kappa shape index (κ1) is 24.0. The fourth-order valence-corrected chi connectivity index (χ4v) is 4.92. The van der Waals surface area contributed by atoms with Crippen LogP contribution in [0.5, 0.6) is 0 Å². The number of hydrogen-bond acceptors (Lipinski definition) is 4. The smallest absolute Gasteiger partial charge is 0.340 e. The van der Waals surface area contributed by atoms with Crippen LogP contribution in [-0.4, -0.2) is 16.9 Å². The van der Waals surface area contributed by atoms with Crippen molar-refractivity contribution >= 4 is 40.1 Å². The Morgan fingerprint density at radius 2 is 1.81 bits per heavy atom. The number of nitrogens with zero attached hydrogens (tertiary/aromatic N) is 1. The van der Waals surface area contributed by atoms with Crippen molar-refractivity contribution in [2.45, 2.75) is 39.2 Å². The zero-order valence-electron chi connectivity index (χ0n) is 20.3. The zero-order valence-corrected chi connectivity index (χ0v) is 21.0. The third-order valence-corrected chi connectivity index (χ3v) is 7.12. The first-order chi connectivity index (χ1) is 17.4. The van der Waals surface area contributed by atoms with Crippen molar-refractivity contribution in [3.05, 3.63) is 106 Å². The number of pyridine rings is 1. The highest BCUT2D eigenvalue weighted by Crippen LogP contribution is 2.33. The number of carbonyl (C=O) groups excluding carboxylic acids is 2. The summed E-state index contributed by atoms with van der Waals surface area (Å²) in [5, 5.41) is 4.15. The van der Waals surface area contributed by atoms with Gasteiger partial charge in [0, 0.05) is 27.4 Å².